The van der Waals surface area contributed by atoms with Gasteiger partial charge < -0.3 is 14.5 Å². The molecule has 132 valence electrons. The molecule has 1 amide bonds. The van der Waals surface area contributed by atoms with Crippen molar-refractivity contribution in [3.05, 3.63) is 53.5 Å². The number of carbonyl (C=O) groups is 1. The molecule has 0 fully saturated rings. The van der Waals surface area contributed by atoms with E-state index in [4.69, 9.17) is 9.15 Å². The van der Waals surface area contributed by atoms with Crippen molar-refractivity contribution in [3.8, 4) is 5.75 Å². The third-order valence-corrected chi connectivity index (χ3v) is 3.56. The maximum absolute atomic E-state index is 12.0. The summed E-state index contributed by atoms with van der Waals surface area (Å²) in [7, 11) is 3.91. The first kappa shape index (κ1) is 20.1. The van der Waals surface area contributed by atoms with Gasteiger partial charge in [-0.15, -0.1) is 12.4 Å². The Balaban J connectivity index is 0.00000288. The molecule has 2 rings (SSSR count). The molecule has 0 saturated carbocycles. The van der Waals surface area contributed by atoms with E-state index < -0.39 is 0 Å². The van der Waals surface area contributed by atoms with E-state index >= 15 is 0 Å². The van der Waals surface area contributed by atoms with Gasteiger partial charge in [0.25, 0.3) is 5.91 Å². The molecular weight excluding hydrogens is 328 g/mol. The van der Waals surface area contributed by atoms with Crippen molar-refractivity contribution < 1.29 is 13.9 Å². The number of aryl methyl sites for hydroxylation is 2. The minimum atomic E-state index is -0.151. The van der Waals surface area contributed by atoms with Crippen molar-refractivity contribution >= 4 is 18.3 Å². The van der Waals surface area contributed by atoms with Crippen molar-refractivity contribution in [2.75, 3.05) is 27.2 Å². The molecule has 1 N–H and O–H groups in total. The highest BCUT2D eigenvalue weighted by atomic mass is 35.5. The summed E-state index contributed by atoms with van der Waals surface area (Å²) in [5.41, 5.74) is 1.10. The summed E-state index contributed by atoms with van der Waals surface area (Å²) in [6, 6.07) is 11.5. The molecule has 6 heteroatoms. The van der Waals surface area contributed by atoms with Crippen LogP contribution in [0.2, 0.25) is 0 Å². The molecule has 0 aliphatic heterocycles. The number of furan rings is 1. The van der Waals surface area contributed by atoms with Crippen LogP contribution in [0.1, 0.15) is 23.1 Å². The Morgan fingerprint density at radius 3 is 2.58 bits per heavy atom. The number of likely N-dealkylation sites (N-methyl/N-ethyl adjacent to an activating group) is 1. The second-order valence-electron chi connectivity index (χ2n) is 5.84. The predicted octanol–water partition coefficient (Wildman–Crippen LogP) is 3.12. The van der Waals surface area contributed by atoms with Crippen molar-refractivity contribution in [3.63, 3.8) is 0 Å². The minimum Gasteiger partial charge on any atom is -0.484 e. The molecular formula is C18H25ClN2O3. The first-order valence-electron chi connectivity index (χ1n) is 7.64. The van der Waals surface area contributed by atoms with Crippen LogP contribution in [0.25, 0.3) is 0 Å². The lowest BCUT2D eigenvalue weighted by Gasteiger charge is -2.22. The van der Waals surface area contributed by atoms with Gasteiger partial charge in [0.1, 0.15) is 17.3 Å². The number of ether oxygens (including phenoxy) is 1. The SMILES string of the molecule is Cc1cccc(OCC(=O)NCC(c2ccc(C)o2)N(C)C)c1.Cl. The molecule has 1 aromatic carbocycles. The molecule has 0 saturated heterocycles. The summed E-state index contributed by atoms with van der Waals surface area (Å²) in [6.45, 7) is 4.36. The van der Waals surface area contributed by atoms with Crippen molar-refractivity contribution in [2.24, 2.45) is 0 Å². The summed E-state index contributed by atoms with van der Waals surface area (Å²) in [6.07, 6.45) is 0. The van der Waals surface area contributed by atoms with Gasteiger partial charge in [0.2, 0.25) is 0 Å². The third kappa shape index (κ3) is 5.91. The quantitative estimate of drug-likeness (QED) is 0.831. The Morgan fingerprint density at radius 1 is 1.25 bits per heavy atom. The molecule has 0 radical (unpaired) electrons. The summed E-state index contributed by atoms with van der Waals surface area (Å²) >= 11 is 0. The number of rotatable bonds is 7. The van der Waals surface area contributed by atoms with Gasteiger partial charge in [0, 0.05) is 6.54 Å². The van der Waals surface area contributed by atoms with Crippen LogP contribution >= 0.6 is 12.4 Å². The standard InChI is InChI=1S/C18H24N2O3.ClH/c1-13-6-5-7-15(10-13)22-12-18(21)19-11-16(20(3)4)17-9-8-14(2)23-17;/h5-10,16H,11-12H2,1-4H3,(H,19,21);1H. The predicted molar refractivity (Wildman–Crippen MR) is 96.8 cm³/mol. The van der Waals surface area contributed by atoms with E-state index in [0.717, 1.165) is 17.1 Å². The maximum Gasteiger partial charge on any atom is 0.258 e. The molecule has 24 heavy (non-hydrogen) atoms. The van der Waals surface area contributed by atoms with E-state index in [0.29, 0.717) is 12.3 Å². The van der Waals surface area contributed by atoms with E-state index in [1.165, 1.54) is 0 Å². The number of nitrogens with one attached hydrogen (secondary N) is 1. The van der Waals surface area contributed by atoms with E-state index in [1.807, 2.05) is 69.2 Å². The normalized spacial score (nSPS) is 11.7. The molecule has 1 heterocycles. The minimum absolute atomic E-state index is 0. The van der Waals surface area contributed by atoms with Crippen LogP contribution in [0.15, 0.2) is 40.8 Å². The molecule has 1 unspecified atom stereocenters. The zero-order valence-electron chi connectivity index (χ0n) is 14.5. The largest absolute Gasteiger partial charge is 0.484 e. The monoisotopic (exact) mass is 352 g/mol. The third-order valence-electron chi connectivity index (χ3n) is 3.56. The summed E-state index contributed by atoms with van der Waals surface area (Å²) < 4.78 is 11.2. The molecule has 2 aromatic rings. The number of hydrogen-bond acceptors (Lipinski definition) is 4. The Labute approximate surface area is 149 Å². The van der Waals surface area contributed by atoms with E-state index in [2.05, 4.69) is 5.32 Å². The van der Waals surface area contributed by atoms with E-state index in [9.17, 15) is 4.79 Å². The number of hydrogen-bond donors (Lipinski definition) is 1. The van der Waals surface area contributed by atoms with Gasteiger partial charge >= 0.3 is 0 Å². The van der Waals surface area contributed by atoms with Crippen LogP contribution in [0.3, 0.4) is 0 Å². The Morgan fingerprint density at radius 2 is 2.00 bits per heavy atom. The highest BCUT2D eigenvalue weighted by molar-refractivity contribution is 5.85. The van der Waals surface area contributed by atoms with E-state index in [-0.39, 0.29) is 31.0 Å². The number of amides is 1. The highest BCUT2D eigenvalue weighted by Crippen LogP contribution is 2.19. The number of benzene rings is 1. The fraction of sp³-hybridized carbons (Fsp3) is 0.389. The zero-order chi connectivity index (χ0) is 16.8. The maximum atomic E-state index is 12.0. The fourth-order valence-electron chi connectivity index (χ4n) is 2.29. The molecule has 1 aromatic heterocycles. The molecule has 1 atom stereocenters. The molecule has 5 nitrogen and oxygen atoms in total. The second kappa shape index (κ2) is 9.35. The molecule has 0 aliphatic rings. The number of nitrogens with zero attached hydrogens (tertiary/aromatic N) is 1. The molecule has 0 spiro atoms. The first-order chi connectivity index (χ1) is 11.0. The Kier molecular flexibility index (Phi) is 7.82. The number of halogens is 1. The molecule has 0 bridgehead atoms. The molecule has 0 aliphatic carbocycles. The lowest BCUT2D eigenvalue weighted by Crippen LogP contribution is -2.36. The average Bonchev–Trinajstić information content (AvgIpc) is 2.91. The van der Waals surface area contributed by atoms with Gasteiger partial charge in [0.05, 0.1) is 6.04 Å². The highest BCUT2D eigenvalue weighted by Gasteiger charge is 2.18. The summed E-state index contributed by atoms with van der Waals surface area (Å²) in [4.78, 5) is 14.0. The van der Waals surface area contributed by atoms with Gasteiger partial charge in [-0.05, 0) is 57.8 Å². The zero-order valence-corrected chi connectivity index (χ0v) is 15.4. The Bertz CT molecular complexity index is 655. The van der Waals surface area contributed by atoms with Crippen LogP contribution in [0.5, 0.6) is 5.75 Å². The van der Waals surface area contributed by atoms with Crippen LogP contribution in [-0.4, -0.2) is 38.1 Å². The second-order valence-corrected chi connectivity index (χ2v) is 5.84. The van der Waals surface area contributed by atoms with Crippen molar-refractivity contribution in [2.45, 2.75) is 19.9 Å². The van der Waals surface area contributed by atoms with Crippen LogP contribution < -0.4 is 10.1 Å². The van der Waals surface area contributed by atoms with Crippen LogP contribution in [0.4, 0.5) is 0 Å². The number of carbonyl (C=O) groups excluding carboxylic acids is 1. The Hall–Kier alpha value is -1.98. The van der Waals surface area contributed by atoms with Gasteiger partial charge in [-0.3, -0.25) is 9.69 Å². The van der Waals surface area contributed by atoms with Gasteiger partial charge in [-0.2, -0.15) is 0 Å². The van der Waals surface area contributed by atoms with Crippen molar-refractivity contribution in [1.29, 1.82) is 0 Å². The van der Waals surface area contributed by atoms with Crippen LogP contribution in [0, 0.1) is 13.8 Å². The lowest BCUT2D eigenvalue weighted by atomic mass is 10.2. The first-order valence-corrected chi connectivity index (χ1v) is 7.64. The lowest BCUT2D eigenvalue weighted by molar-refractivity contribution is -0.123. The van der Waals surface area contributed by atoms with Crippen LogP contribution in [-0.2, 0) is 4.79 Å². The van der Waals surface area contributed by atoms with Gasteiger partial charge in [-0.1, -0.05) is 12.1 Å². The summed E-state index contributed by atoms with van der Waals surface area (Å²) in [5, 5.41) is 2.89. The van der Waals surface area contributed by atoms with Gasteiger partial charge in [0.15, 0.2) is 6.61 Å². The topological polar surface area (TPSA) is 54.7 Å². The average molecular weight is 353 g/mol. The smallest absolute Gasteiger partial charge is 0.258 e. The summed E-state index contributed by atoms with van der Waals surface area (Å²) in [5.74, 6) is 2.25. The fourth-order valence-corrected chi connectivity index (χ4v) is 2.29. The van der Waals surface area contributed by atoms with E-state index in [1.54, 1.807) is 0 Å². The van der Waals surface area contributed by atoms with Gasteiger partial charge in [-0.25, -0.2) is 0 Å². The van der Waals surface area contributed by atoms with Crippen molar-refractivity contribution in [1.82, 2.24) is 10.2 Å².